The Morgan fingerprint density at radius 1 is 1.32 bits per heavy atom. The van der Waals surface area contributed by atoms with Crippen molar-refractivity contribution in [3.05, 3.63) is 0 Å². The molecular weight excluding hydrogens is 244 g/mol. The Bertz CT molecular complexity index is 354. The first-order valence-corrected chi connectivity index (χ1v) is 6.60. The molecule has 1 atom stereocenters. The number of carbonyl (C=O) groups excluding carboxylic acids is 2. The Morgan fingerprint density at radius 3 is 2.47 bits per heavy atom. The minimum absolute atomic E-state index is 0.0296. The average Bonchev–Trinajstić information content (AvgIpc) is 2.44. The predicted octanol–water partition coefficient (Wildman–Crippen LogP) is 0.353. The van der Waals surface area contributed by atoms with E-state index in [0.717, 1.165) is 26.1 Å². The molecule has 1 rings (SSSR count). The molecule has 0 saturated carbocycles. The maximum Gasteiger partial charge on any atom is 0.306 e. The molecule has 0 spiro atoms. The number of hydrogen-bond donors (Lipinski definition) is 0. The van der Waals surface area contributed by atoms with Gasteiger partial charge in [-0.2, -0.15) is 0 Å². The van der Waals surface area contributed by atoms with Crippen LogP contribution in [0.4, 0.5) is 0 Å². The quantitative estimate of drug-likeness (QED) is 0.532. The fourth-order valence-electron chi connectivity index (χ4n) is 2.15. The fourth-order valence-corrected chi connectivity index (χ4v) is 2.15. The van der Waals surface area contributed by atoms with E-state index in [4.69, 9.17) is 6.42 Å². The lowest BCUT2D eigenvalue weighted by Gasteiger charge is -2.35. The van der Waals surface area contributed by atoms with Gasteiger partial charge in [0.1, 0.15) is 0 Å². The molecule has 5 heteroatoms. The van der Waals surface area contributed by atoms with E-state index in [1.165, 1.54) is 7.11 Å². The summed E-state index contributed by atoms with van der Waals surface area (Å²) in [5, 5.41) is 0. The third-order valence-electron chi connectivity index (χ3n) is 3.38. The van der Waals surface area contributed by atoms with Crippen molar-refractivity contribution in [2.75, 3.05) is 39.8 Å². The van der Waals surface area contributed by atoms with Gasteiger partial charge in [-0.3, -0.25) is 14.5 Å². The van der Waals surface area contributed by atoms with Crippen LogP contribution in [0.1, 0.15) is 19.8 Å². The molecule has 1 heterocycles. The zero-order valence-corrected chi connectivity index (χ0v) is 11.7. The second-order valence-electron chi connectivity index (χ2n) is 4.80. The average molecular weight is 266 g/mol. The molecule has 1 unspecified atom stereocenters. The summed E-state index contributed by atoms with van der Waals surface area (Å²) in [4.78, 5) is 27.4. The highest BCUT2D eigenvalue weighted by Gasteiger charge is 2.26. The van der Waals surface area contributed by atoms with E-state index in [1.54, 1.807) is 6.92 Å². The molecule has 0 aromatic heterocycles. The molecule has 19 heavy (non-hydrogen) atoms. The van der Waals surface area contributed by atoms with Crippen molar-refractivity contribution in [2.45, 2.75) is 19.8 Å². The van der Waals surface area contributed by atoms with Gasteiger partial charge >= 0.3 is 5.97 Å². The van der Waals surface area contributed by atoms with Crippen molar-refractivity contribution >= 4 is 11.9 Å². The number of nitrogens with zero attached hydrogens (tertiary/aromatic N) is 2. The highest BCUT2D eigenvalue weighted by molar-refractivity contribution is 5.83. The van der Waals surface area contributed by atoms with Crippen LogP contribution in [0.3, 0.4) is 0 Å². The summed E-state index contributed by atoms with van der Waals surface area (Å²) in [6.45, 7) is 5.75. The molecule has 1 aliphatic rings. The Kier molecular flexibility index (Phi) is 6.37. The number of carbonyl (C=O) groups is 2. The van der Waals surface area contributed by atoms with Crippen LogP contribution in [0, 0.1) is 18.3 Å². The van der Waals surface area contributed by atoms with Crippen molar-refractivity contribution in [3.63, 3.8) is 0 Å². The molecule has 1 aliphatic heterocycles. The maximum atomic E-state index is 12.1. The monoisotopic (exact) mass is 266 g/mol. The van der Waals surface area contributed by atoms with E-state index >= 15 is 0 Å². The predicted molar refractivity (Wildman–Crippen MR) is 72.3 cm³/mol. The second-order valence-corrected chi connectivity index (χ2v) is 4.80. The highest BCUT2D eigenvalue weighted by Crippen LogP contribution is 2.11. The fraction of sp³-hybridized carbons (Fsp3) is 0.714. The van der Waals surface area contributed by atoms with Crippen molar-refractivity contribution in [2.24, 2.45) is 5.92 Å². The summed E-state index contributed by atoms with van der Waals surface area (Å²) < 4.78 is 4.58. The van der Waals surface area contributed by atoms with E-state index in [9.17, 15) is 9.59 Å². The summed E-state index contributed by atoms with van der Waals surface area (Å²) in [5.74, 6) is 2.00. The zero-order valence-electron chi connectivity index (χ0n) is 11.7. The van der Waals surface area contributed by atoms with Crippen molar-refractivity contribution < 1.29 is 14.3 Å². The number of methoxy groups -OCH3 is 1. The topological polar surface area (TPSA) is 49.9 Å². The SMILES string of the molecule is C#CCCN1CCN(C(=O)C(C)CC(=O)OC)CC1. The van der Waals surface area contributed by atoms with Gasteiger partial charge in [0.15, 0.2) is 0 Å². The van der Waals surface area contributed by atoms with Crippen molar-refractivity contribution in [3.8, 4) is 12.3 Å². The summed E-state index contributed by atoms with van der Waals surface area (Å²) in [6, 6.07) is 0. The largest absolute Gasteiger partial charge is 0.469 e. The normalized spacial score (nSPS) is 17.6. The first-order valence-electron chi connectivity index (χ1n) is 6.60. The lowest BCUT2D eigenvalue weighted by atomic mass is 10.1. The number of amides is 1. The van der Waals surface area contributed by atoms with Gasteiger partial charge < -0.3 is 9.64 Å². The lowest BCUT2D eigenvalue weighted by Crippen LogP contribution is -2.50. The second kappa shape index (κ2) is 7.80. The van der Waals surface area contributed by atoms with E-state index in [1.807, 2.05) is 4.90 Å². The summed E-state index contributed by atoms with van der Waals surface area (Å²) in [7, 11) is 1.34. The van der Waals surface area contributed by atoms with Gasteiger partial charge in [-0.25, -0.2) is 0 Å². The first kappa shape index (κ1) is 15.5. The molecule has 1 amide bonds. The number of ether oxygens (including phenoxy) is 1. The number of terminal acetylenes is 1. The van der Waals surface area contributed by atoms with Gasteiger partial charge in [0.2, 0.25) is 5.91 Å². The molecule has 106 valence electrons. The minimum atomic E-state index is -0.339. The third kappa shape index (κ3) is 4.92. The van der Waals surface area contributed by atoms with Gasteiger partial charge in [-0.1, -0.05) is 6.92 Å². The lowest BCUT2D eigenvalue weighted by molar-refractivity contribution is -0.147. The molecule has 0 aromatic carbocycles. The van der Waals surface area contributed by atoms with Crippen LogP contribution >= 0.6 is 0 Å². The molecule has 0 bridgehead atoms. The van der Waals surface area contributed by atoms with Gasteiger partial charge in [0.25, 0.3) is 0 Å². The maximum absolute atomic E-state index is 12.1. The van der Waals surface area contributed by atoms with Crippen LogP contribution in [0.25, 0.3) is 0 Å². The molecule has 0 N–H and O–H groups in total. The standard InChI is InChI=1S/C14H22N2O3/c1-4-5-6-15-7-9-16(10-8-15)14(18)12(2)11-13(17)19-3/h1,12H,5-11H2,2-3H3. The Hall–Kier alpha value is -1.54. The molecule has 0 radical (unpaired) electrons. The van der Waals surface area contributed by atoms with Crippen molar-refractivity contribution in [1.82, 2.24) is 9.80 Å². The van der Waals surface area contributed by atoms with Gasteiger partial charge in [0, 0.05) is 45.1 Å². The summed E-state index contributed by atoms with van der Waals surface area (Å²) >= 11 is 0. The molecule has 1 saturated heterocycles. The van der Waals surface area contributed by atoms with Crippen LogP contribution in [-0.2, 0) is 14.3 Å². The highest BCUT2D eigenvalue weighted by atomic mass is 16.5. The van der Waals surface area contributed by atoms with Gasteiger partial charge in [-0.15, -0.1) is 12.3 Å². The van der Waals surface area contributed by atoms with Crippen LogP contribution in [0.2, 0.25) is 0 Å². The van der Waals surface area contributed by atoms with E-state index in [0.29, 0.717) is 13.1 Å². The molecular formula is C14H22N2O3. The molecule has 0 aromatic rings. The van der Waals surface area contributed by atoms with E-state index in [-0.39, 0.29) is 24.2 Å². The zero-order chi connectivity index (χ0) is 14.3. The van der Waals surface area contributed by atoms with Crippen LogP contribution in [0.5, 0.6) is 0 Å². The van der Waals surface area contributed by atoms with Crippen LogP contribution in [-0.4, -0.2) is 61.5 Å². The smallest absolute Gasteiger partial charge is 0.306 e. The molecule has 5 nitrogen and oxygen atoms in total. The van der Waals surface area contributed by atoms with E-state index < -0.39 is 0 Å². The third-order valence-corrected chi connectivity index (χ3v) is 3.38. The first-order chi connectivity index (χ1) is 9.08. The minimum Gasteiger partial charge on any atom is -0.469 e. The van der Waals surface area contributed by atoms with Crippen molar-refractivity contribution in [1.29, 1.82) is 0 Å². The number of esters is 1. The molecule has 1 fully saturated rings. The van der Waals surface area contributed by atoms with Crippen LogP contribution in [0.15, 0.2) is 0 Å². The number of piperazine rings is 1. The summed E-state index contributed by atoms with van der Waals surface area (Å²) in [6.07, 6.45) is 6.12. The van der Waals surface area contributed by atoms with Gasteiger partial charge in [0.05, 0.1) is 13.5 Å². The number of rotatable bonds is 5. The van der Waals surface area contributed by atoms with E-state index in [2.05, 4.69) is 15.6 Å². The Morgan fingerprint density at radius 2 is 1.95 bits per heavy atom. The Balaban J connectivity index is 2.36. The Labute approximate surface area is 114 Å². The molecule has 0 aliphatic carbocycles. The summed E-state index contributed by atoms with van der Waals surface area (Å²) in [5.41, 5.74) is 0. The van der Waals surface area contributed by atoms with Crippen LogP contribution < -0.4 is 0 Å². The number of hydrogen-bond acceptors (Lipinski definition) is 4. The van der Waals surface area contributed by atoms with Gasteiger partial charge in [-0.05, 0) is 0 Å².